The maximum atomic E-state index is 4.13. The van der Waals surface area contributed by atoms with Gasteiger partial charge in [0.05, 0.1) is 6.54 Å². The van der Waals surface area contributed by atoms with Crippen LogP contribution >= 0.6 is 11.8 Å². The first-order valence-corrected chi connectivity index (χ1v) is 5.16. The summed E-state index contributed by atoms with van der Waals surface area (Å²) in [6.07, 6.45) is 1.59. The second-order valence-corrected chi connectivity index (χ2v) is 3.99. The lowest BCUT2D eigenvalue weighted by molar-refractivity contribution is 0.547. The van der Waals surface area contributed by atoms with E-state index >= 15 is 0 Å². The lowest BCUT2D eigenvalue weighted by Gasteiger charge is -2.25. The summed E-state index contributed by atoms with van der Waals surface area (Å²) < 4.78 is 1.80. The first-order valence-electron chi connectivity index (χ1n) is 4.00. The quantitative estimate of drug-likeness (QED) is 0.719. The minimum atomic E-state index is 0.687. The monoisotopic (exact) mass is 184 g/mol. The van der Waals surface area contributed by atoms with E-state index in [1.165, 1.54) is 11.5 Å². The molecule has 1 aromatic rings. The van der Waals surface area contributed by atoms with Crippen LogP contribution in [-0.4, -0.2) is 32.3 Å². The maximum absolute atomic E-state index is 4.13. The minimum Gasteiger partial charge on any atom is -0.305 e. The van der Waals surface area contributed by atoms with Crippen LogP contribution in [0.1, 0.15) is 5.82 Å². The molecule has 4 nitrogen and oxygen atoms in total. The van der Waals surface area contributed by atoms with Crippen molar-refractivity contribution < 1.29 is 0 Å². The zero-order valence-corrected chi connectivity index (χ0v) is 7.84. The van der Waals surface area contributed by atoms with E-state index in [2.05, 4.69) is 15.4 Å². The third-order valence-corrected chi connectivity index (χ3v) is 3.27. The van der Waals surface area contributed by atoms with Crippen molar-refractivity contribution in [2.24, 2.45) is 7.05 Å². The van der Waals surface area contributed by atoms with Gasteiger partial charge < -0.3 is 5.32 Å². The summed E-state index contributed by atoms with van der Waals surface area (Å²) in [4.78, 5) is 4.13. The molecule has 66 valence electrons. The average Bonchev–Trinajstić information content (AvgIpc) is 2.33. The van der Waals surface area contributed by atoms with E-state index in [0.717, 1.165) is 12.4 Å². The van der Waals surface area contributed by atoms with Crippen molar-refractivity contribution >= 4 is 11.8 Å². The van der Waals surface area contributed by atoms with Crippen molar-refractivity contribution in [1.82, 2.24) is 20.1 Å². The van der Waals surface area contributed by atoms with Crippen molar-refractivity contribution in [3.05, 3.63) is 12.2 Å². The number of nitrogens with one attached hydrogen (secondary N) is 1. The highest BCUT2D eigenvalue weighted by molar-refractivity contribution is 8.00. The smallest absolute Gasteiger partial charge is 0.140 e. The van der Waals surface area contributed by atoms with Gasteiger partial charge in [-0.3, -0.25) is 4.68 Å². The van der Waals surface area contributed by atoms with Gasteiger partial charge in [0.15, 0.2) is 0 Å². The van der Waals surface area contributed by atoms with Gasteiger partial charge in [0.25, 0.3) is 0 Å². The first-order chi connectivity index (χ1) is 5.86. The predicted molar refractivity (Wildman–Crippen MR) is 49.0 cm³/mol. The molecule has 1 aliphatic rings. The lowest BCUT2D eigenvalue weighted by atomic mass is 10.3. The van der Waals surface area contributed by atoms with Gasteiger partial charge in [0.2, 0.25) is 0 Å². The topological polar surface area (TPSA) is 42.7 Å². The van der Waals surface area contributed by atoms with Crippen LogP contribution in [0.5, 0.6) is 0 Å². The summed E-state index contributed by atoms with van der Waals surface area (Å²) in [5.74, 6) is 3.47. The third kappa shape index (κ3) is 1.61. The molecule has 1 aromatic heterocycles. The van der Waals surface area contributed by atoms with E-state index in [1.807, 2.05) is 18.8 Å². The Morgan fingerprint density at radius 3 is 3.08 bits per heavy atom. The highest BCUT2D eigenvalue weighted by Crippen LogP contribution is 2.17. The fourth-order valence-corrected chi connectivity index (χ4v) is 1.78. The Morgan fingerprint density at radius 1 is 1.75 bits per heavy atom. The minimum absolute atomic E-state index is 0.687. The van der Waals surface area contributed by atoms with Gasteiger partial charge in [-0.2, -0.15) is 16.9 Å². The highest BCUT2D eigenvalue weighted by atomic mass is 32.2. The molecule has 12 heavy (non-hydrogen) atoms. The molecule has 1 aliphatic heterocycles. The van der Waals surface area contributed by atoms with Crippen molar-refractivity contribution in [3.8, 4) is 0 Å². The van der Waals surface area contributed by atoms with E-state index in [-0.39, 0.29) is 0 Å². The second-order valence-electron chi connectivity index (χ2n) is 2.92. The van der Waals surface area contributed by atoms with Gasteiger partial charge in [-0.1, -0.05) is 0 Å². The normalized spacial score (nSPS) is 17.8. The number of thioether (sulfide) groups is 1. The summed E-state index contributed by atoms with van der Waals surface area (Å²) >= 11 is 1.98. The fourth-order valence-electron chi connectivity index (χ4n) is 1.07. The van der Waals surface area contributed by atoms with Crippen molar-refractivity contribution in [1.29, 1.82) is 0 Å². The van der Waals surface area contributed by atoms with Gasteiger partial charge in [-0.15, -0.1) is 0 Å². The molecule has 0 amide bonds. The number of hydrogen-bond acceptors (Lipinski definition) is 4. The SMILES string of the molecule is Cn1ncnc1CNC1CSC1. The fraction of sp³-hybridized carbons (Fsp3) is 0.714. The van der Waals surface area contributed by atoms with Gasteiger partial charge in [0.1, 0.15) is 12.2 Å². The zero-order valence-electron chi connectivity index (χ0n) is 7.03. The van der Waals surface area contributed by atoms with Crippen LogP contribution < -0.4 is 5.32 Å². The summed E-state index contributed by atoms with van der Waals surface area (Å²) in [5, 5.41) is 7.42. The van der Waals surface area contributed by atoms with E-state index in [1.54, 1.807) is 11.0 Å². The van der Waals surface area contributed by atoms with Crippen molar-refractivity contribution in [2.75, 3.05) is 11.5 Å². The summed E-state index contributed by atoms with van der Waals surface area (Å²) in [6, 6.07) is 0.687. The van der Waals surface area contributed by atoms with Crippen LogP contribution in [0.2, 0.25) is 0 Å². The Balaban J connectivity index is 1.82. The van der Waals surface area contributed by atoms with Crippen LogP contribution in [0, 0.1) is 0 Å². The molecule has 0 spiro atoms. The number of aromatic nitrogens is 3. The average molecular weight is 184 g/mol. The molecule has 0 unspecified atom stereocenters. The first kappa shape index (κ1) is 8.07. The molecule has 2 rings (SSSR count). The summed E-state index contributed by atoms with van der Waals surface area (Å²) in [6.45, 7) is 0.835. The van der Waals surface area contributed by atoms with Crippen LogP contribution in [0.25, 0.3) is 0 Å². The van der Waals surface area contributed by atoms with Gasteiger partial charge in [0, 0.05) is 24.6 Å². The lowest BCUT2D eigenvalue weighted by Crippen LogP contribution is -2.40. The molecule has 1 fully saturated rings. The second kappa shape index (κ2) is 3.45. The number of rotatable bonds is 3. The number of nitrogens with zero attached hydrogens (tertiary/aromatic N) is 3. The van der Waals surface area contributed by atoms with E-state index in [0.29, 0.717) is 6.04 Å². The Labute approximate surface area is 75.8 Å². The molecule has 1 saturated heterocycles. The van der Waals surface area contributed by atoms with Crippen molar-refractivity contribution in [3.63, 3.8) is 0 Å². The van der Waals surface area contributed by atoms with Gasteiger partial charge in [-0.25, -0.2) is 4.98 Å². The van der Waals surface area contributed by atoms with Crippen molar-refractivity contribution in [2.45, 2.75) is 12.6 Å². The van der Waals surface area contributed by atoms with Crippen LogP contribution in [0.4, 0.5) is 0 Å². The molecule has 0 bridgehead atoms. The number of hydrogen-bond donors (Lipinski definition) is 1. The van der Waals surface area contributed by atoms with E-state index in [9.17, 15) is 0 Å². The molecular formula is C7H12N4S. The maximum Gasteiger partial charge on any atom is 0.140 e. The summed E-state index contributed by atoms with van der Waals surface area (Å²) in [7, 11) is 1.92. The molecular weight excluding hydrogens is 172 g/mol. The van der Waals surface area contributed by atoms with Gasteiger partial charge >= 0.3 is 0 Å². The molecule has 2 heterocycles. The third-order valence-electron chi connectivity index (χ3n) is 1.99. The molecule has 5 heteroatoms. The van der Waals surface area contributed by atoms with Crippen LogP contribution in [0.3, 0.4) is 0 Å². The Morgan fingerprint density at radius 2 is 2.58 bits per heavy atom. The molecule has 0 atom stereocenters. The molecule has 0 radical (unpaired) electrons. The summed E-state index contributed by atoms with van der Waals surface area (Å²) in [5.41, 5.74) is 0. The Bertz CT molecular complexity index is 256. The molecule has 0 aromatic carbocycles. The standard InChI is InChI=1S/C7H12N4S/c1-11-7(9-5-10-11)2-8-6-3-12-4-6/h5-6,8H,2-4H2,1H3. The Kier molecular flexibility index (Phi) is 2.32. The largest absolute Gasteiger partial charge is 0.305 e. The zero-order chi connectivity index (χ0) is 8.39. The van der Waals surface area contributed by atoms with E-state index in [4.69, 9.17) is 0 Å². The number of aryl methyl sites for hydroxylation is 1. The Hall–Kier alpha value is -0.550. The molecule has 1 N–H and O–H groups in total. The highest BCUT2D eigenvalue weighted by Gasteiger charge is 2.17. The molecule has 0 aliphatic carbocycles. The van der Waals surface area contributed by atoms with E-state index < -0.39 is 0 Å². The predicted octanol–water partition coefficient (Wildman–Crippen LogP) is 0.0201. The molecule has 0 saturated carbocycles. The van der Waals surface area contributed by atoms with Crippen LogP contribution in [-0.2, 0) is 13.6 Å². The van der Waals surface area contributed by atoms with Gasteiger partial charge in [-0.05, 0) is 0 Å². The van der Waals surface area contributed by atoms with Crippen LogP contribution in [0.15, 0.2) is 6.33 Å².